The van der Waals surface area contributed by atoms with Crippen LogP contribution < -0.4 is 10.1 Å². The van der Waals surface area contributed by atoms with Crippen LogP contribution in [0.3, 0.4) is 0 Å². The van der Waals surface area contributed by atoms with Crippen molar-refractivity contribution in [3.8, 4) is 5.75 Å². The molecule has 1 aliphatic carbocycles. The van der Waals surface area contributed by atoms with Crippen LogP contribution >= 0.6 is 0 Å². The zero-order chi connectivity index (χ0) is 22.5. The first-order chi connectivity index (χ1) is 15.6. The molecule has 168 valence electrons. The minimum atomic E-state index is 0.373. The summed E-state index contributed by atoms with van der Waals surface area (Å²) in [6.45, 7) is 8.75. The molecule has 1 aliphatic rings. The van der Waals surface area contributed by atoms with Gasteiger partial charge in [0.15, 0.2) is 0 Å². The fourth-order valence-electron chi connectivity index (χ4n) is 5.12. The largest absolute Gasteiger partial charge is 0.497 e. The van der Waals surface area contributed by atoms with E-state index in [0.29, 0.717) is 17.8 Å². The molecule has 0 heterocycles. The summed E-state index contributed by atoms with van der Waals surface area (Å²) < 4.78 is 5.52. The molecule has 4 rings (SSSR count). The monoisotopic (exact) mass is 427 g/mol. The number of ether oxygens (including phenoxy) is 1. The maximum Gasteiger partial charge on any atom is 0.119 e. The predicted molar refractivity (Wildman–Crippen MR) is 135 cm³/mol. The molecule has 2 unspecified atom stereocenters. The van der Waals surface area contributed by atoms with Crippen LogP contribution in [0.1, 0.15) is 78.3 Å². The van der Waals surface area contributed by atoms with E-state index in [4.69, 9.17) is 4.74 Å². The number of hydrogen-bond acceptors (Lipinski definition) is 2. The molecular weight excluding hydrogens is 390 g/mol. The van der Waals surface area contributed by atoms with Crippen LogP contribution in [-0.2, 0) is 12.8 Å². The first-order valence-corrected chi connectivity index (χ1v) is 12.2. The lowest BCUT2D eigenvalue weighted by Crippen LogP contribution is -2.21. The van der Waals surface area contributed by atoms with Gasteiger partial charge in [0.25, 0.3) is 0 Å². The second-order valence-electron chi connectivity index (χ2n) is 9.35. The zero-order valence-corrected chi connectivity index (χ0v) is 20.0. The average Bonchev–Trinajstić information content (AvgIpc) is 2.83. The van der Waals surface area contributed by atoms with Crippen LogP contribution in [0.4, 0.5) is 0 Å². The summed E-state index contributed by atoms with van der Waals surface area (Å²) in [5.74, 6) is 2.39. The highest BCUT2D eigenvalue weighted by atomic mass is 16.5. The molecule has 2 nitrogen and oxygen atoms in total. The van der Waals surface area contributed by atoms with Crippen molar-refractivity contribution in [3.63, 3.8) is 0 Å². The van der Waals surface area contributed by atoms with Crippen molar-refractivity contribution in [3.05, 3.63) is 100 Å². The number of benzene rings is 3. The van der Waals surface area contributed by atoms with E-state index in [9.17, 15) is 0 Å². The minimum Gasteiger partial charge on any atom is -0.497 e. The van der Waals surface area contributed by atoms with Gasteiger partial charge in [-0.25, -0.2) is 0 Å². The number of hydrogen-bond donors (Lipinski definition) is 1. The van der Waals surface area contributed by atoms with Crippen LogP contribution in [0.2, 0.25) is 0 Å². The van der Waals surface area contributed by atoms with Crippen LogP contribution in [0, 0.1) is 0 Å². The van der Waals surface area contributed by atoms with E-state index < -0.39 is 0 Å². The minimum absolute atomic E-state index is 0.373. The molecule has 3 aromatic rings. The SMILES string of the molecule is CCNCCc1ccc(C2c3ccc(OC)cc3CCC2c2ccc(C(C)C)cc2)cc1. The number of rotatable bonds is 8. The molecule has 0 saturated carbocycles. The molecule has 1 N–H and O–H groups in total. The molecule has 2 atom stereocenters. The number of likely N-dealkylation sites (N-methyl/N-ethyl adjacent to an activating group) is 1. The molecule has 0 amide bonds. The quantitative estimate of drug-likeness (QED) is 0.398. The van der Waals surface area contributed by atoms with Crippen molar-refractivity contribution in [2.24, 2.45) is 0 Å². The maximum atomic E-state index is 5.52. The van der Waals surface area contributed by atoms with Crippen molar-refractivity contribution in [1.82, 2.24) is 5.32 Å². The van der Waals surface area contributed by atoms with Gasteiger partial charge in [0.1, 0.15) is 5.75 Å². The van der Waals surface area contributed by atoms with Gasteiger partial charge >= 0.3 is 0 Å². The Morgan fingerprint density at radius 3 is 2.31 bits per heavy atom. The molecule has 0 bridgehead atoms. The lowest BCUT2D eigenvalue weighted by atomic mass is 9.69. The Hall–Kier alpha value is -2.58. The fraction of sp³-hybridized carbons (Fsp3) is 0.400. The maximum absolute atomic E-state index is 5.52. The van der Waals surface area contributed by atoms with Gasteiger partial charge in [0, 0.05) is 5.92 Å². The third-order valence-electron chi connectivity index (χ3n) is 7.02. The molecule has 0 fully saturated rings. The summed E-state index contributed by atoms with van der Waals surface area (Å²) in [5, 5.41) is 3.43. The van der Waals surface area contributed by atoms with Gasteiger partial charge in [0.05, 0.1) is 7.11 Å². The molecule has 0 aliphatic heterocycles. The normalized spacial score (nSPS) is 17.9. The number of aryl methyl sites for hydroxylation is 1. The molecule has 2 heteroatoms. The van der Waals surface area contributed by atoms with E-state index in [2.05, 4.69) is 92.8 Å². The molecule has 0 spiro atoms. The second kappa shape index (κ2) is 10.4. The summed E-state index contributed by atoms with van der Waals surface area (Å²) in [6.07, 6.45) is 3.33. The lowest BCUT2D eigenvalue weighted by molar-refractivity contribution is 0.412. The second-order valence-corrected chi connectivity index (χ2v) is 9.35. The smallest absolute Gasteiger partial charge is 0.119 e. The molecule has 32 heavy (non-hydrogen) atoms. The topological polar surface area (TPSA) is 21.3 Å². The molecule has 3 aromatic carbocycles. The van der Waals surface area contributed by atoms with Crippen LogP contribution in [0.25, 0.3) is 0 Å². The van der Waals surface area contributed by atoms with Crippen molar-refractivity contribution < 1.29 is 4.74 Å². The fourth-order valence-corrected chi connectivity index (χ4v) is 5.12. The Bertz CT molecular complexity index is 1000. The summed E-state index contributed by atoms with van der Waals surface area (Å²) in [5.41, 5.74) is 8.57. The van der Waals surface area contributed by atoms with Crippen molar-refractivity contribution in [1.29, 1.82) is 0 Å². The van der Waals surface area contributed by atoms with Crippen LogP contribution in [0.5, 0.6) is 5.75 Å². The molecular formula is C30H37NO. The zero-order valence-electron chi connectivity index (χ0n) is 20.0. The highest BCUT2D eigenvalue weighted by Gasteiger charge is 2.32. The van der Waals surface area contributed by atoms with E-state index in [1.807, 2.05) is 0 Å². The first kappa shape index (κ1) is 22.6. The molecule has 0 radical (unpaired) electrons. The van der Waals surface area contributed by atoms with Crippen molar-refractivity contribution in [2.45, 2.75) is 57.8 Å². The summed E-state index contributed by atoms with van der Waals surface area (Å²) in [7, 11) is 1.76. The van der Waals surface area contributed by atoms with Crippen molar-refractivity contribution in [2.75, 3.05) is 20.2 Å². The van der Waals surface area contributed by atoms with Gasteiger partial charge in [-0.1, -0.05) is 75.4 Å². The van der Waals surface area contributed by atoms with Gasteiger partial charge in [-0.05, 0) is 89.7 Å². The predicted octanol–water partition coefficient (Wildman–Crippen LogP) is 6.83. The summed E-state index contributed by atoms with van der Waals surface area (Å²) in [4.78, 5) is 0. The Kier molecular flexibility index (Phi) is 7.32. The first-order valence-electron chi connectivity index (χ1n) is 12.2. The van der Waals surface area contributed by atoms with Gasteiger partial charge in [-0.2, -0.15) is 0 Å². The number of nitrogens with one attached hydrogen (secondary N) is 1. The highest BCUT2D eigenvalue weighted by Crippen LogP contribution is 2.47. The average molecular weight is 428 g/mol. The van der Waals surface area contributed by atoms with Crippen LogP contribution in [-0.4, -0.2) is 20.2 Å². The van der Waals surface area contributed by atoms with Crippen molar-refractivity contribution >= 4 is 0 Å². The van der Waals surface area contributed by atoms with Gasteiger partial charge in [-0.3, -0.25) is 0 Å². The van der Waals surface area contributed by atoms with E-state index in [1.165, 1.54) is 33.4 Å². The van der Waals surface area contributed by atoms with E-state index in [1.54, 1.807) is 7.11 Å². The van der Waals surface area contributed by atoms with E-state index in [-0.39, 0.29) is 0 Å². The van der Waals surface area contributed by atoms with E-state index in [0.717, 1.165) is 38.1 Å². The Morgan fingerprint density at radius 2 is 1.66 bits per heavy atom. The third kappa shape index (κ3) is 4.91. The Labute approximate surface area is 194 Å². The van der Waals surface area contributed by atoms with Gasteiger partial charge < -0.3 is 10.1 Å². The number of fused-ring (bicyclic) bond motifs is 1. The Balaban J connectivity index is 1.69. The van der Waals surface area contributed by atoms with Crippen LogP contribution in [0.15, 0.2) is 66.7 Å². The number of methoxy groups -OCH3 is 1. The van der Waals surface area contributed by atoms with Gasteiger partial charge in [0.2, 0.25) is 0 Å². The molecule has 0 saturated heterocycles. The third-order valence-corrected chi connectivity index (χ3v) is 7.02. The van der Waals surface area contributed by atoms with E-state index >= 15 is 0 Å². The lowest BCUT2D eigenvalue weighted by Gasteiger charge is -2.35. The van der Waals surface area contributed by atoms with Gasteiger partial charge in [-0.15, -0.1) is 0 Å². The standard InChI is InChI=1S/C30H37NO/c1-5-31-19-18-22-6-8-25(9-7-22)30-28(24-12-10-23(11-13-24)21(2)3)16-14-26-20-27(32-4)15-17-29(26)30/h6-13,15,17,20-21,28,30-31H,5,14,16,18-19H2,1-4H3. The molecule has 0 aromatic heterocycles. The highest BCUT2D eigenvalue weighted by molar-refractivity contribution is 5.48. The summed E-state index contributed by atoms with van der Waals surface area (Å²) >= 11 is 0. The summed E-state index contributed by atoms with van der Waals surface area (Å²) in [6, 6.07) is 25.4. The Morgan fingerprint density at radius 1 is 0.938 bits per heavy atom.